The van der Waals surface area contributed by atoms with Gasteiger partial charge in [-0.25, -0.2) is 0 Å². The third-order valence-electron chi connectivity index (χ3n) is 2.78. The van der Waals surface area contributed by atoms with E-state index >= 15 is 0 Å². The molecule has 1 aromatic carbocycles. The Bertz CT molecular complexity index is 670. The van der Waals surface area contributed by atoms with Crippen LogP contribution in [0.3, 0.4) is 0 Å². The largest absolute Gasteiger partial charge is 0.494 e. The summed E-state index contributed by atoms with van der Waals surface area (Å²) in [4.78, 5) is 13.5. The van der Waals surface area contributed by atoms with E-state index < -0.39 is 0 Å². The maximum Gasteiger partial charge on any atom is 0.269 e. The quantitative estimate of drug-likeness (QED) is 0.775. The normalized spacial score (nSPS) is 10.2. The number of nitrogens with zero attached hydrogens (tertiary/aromatic N) is 4. The van der Waals surface area contributed by atoms with Crippen LogP contribution in [0, 0.1) is 0 Å². The summed E-state index contributed by atoms with van der Waals surface area (Å²) in [6.45, 7) is 5.16. The number of thiocarbonyl (C=S) groups is 1. The molecule has 23 heavy (non-hydrogen) atoms. The maximum absolute atomic E-state index is 12.1. The number of amides is 1. The fraction of sp³-hybridized carbons (Fsp3) is 0.357. The zero-order chi connectivity index (χ0) is 16.7. The summed E-state index contributed by atoms with van der Waals surface area (Å²) in [5, 5.41) is 16.9. The van der Waals surface area contributed by atoms with Gasteiger partial charge in [0.2, 0.25) is 0 Å². The first kappa shape index (κ1) is 16.8. The number of hydrogen-bond donors (Lipinski definition) is 2. The summed E-state index contributed by atoms with van der Waals surface area (Å²) in [6, 6.07) is 6.84. The Balaban J connectivity index is 1.88. The number of rotatable bonds is 6. The van der Waals surface area contributed by atoms with Gasteiger partial charge in [0, 0.05) is 5.56 Å². The first-order valence-corrected chi connectivity index (χ1v) is 7.66. The highest BCUT2D eigenvalue weighted by atomic mass is 32.1. The van der Waals surface area contributed by atoms with Crippen molar-refractivity contribution in [2.75, 3.05) is 11.9 Å². The molecule has 0 saturated carbocycles. The van der Waals surface area contributed by atoms with Crippen molar-refractivity contribution in [3.8, 4) is 5.75 Å². The number of ether oxygens (including phenoxy) is 1. The second-order valence-electron chi connectivity index (χ2n) is 4.58. The summed E-state index contributed by atoms with van der Waals surface area (Å²) in [7, 11) is 0. The molecular formula is C14H18N6O2S. The van der Waals surface area contributed by atoms with Crippen LogP contribution in [0.25, 0.3) is 0 Å². The fourth-order valence-corrected chi connectivity index (χ4v) is 1.84. The Morgan fingerprint density at radius 3 is 2.65 bits per heavy atom. The summed E-state index contributed by atoms with van der Waals surface area (Å²) < 4.78 is 5.47. The Hall–Kier alpha value is -2.55. The Kier molecular flexibility index (Phi) is 5.98. The molecule has 0 bridgehead atoms. The van der Waals surface area contributed by atoms with E-state index in [0.717, 1.165) is 12.2 Å². The molecule has 2 aromatic rings. The number of hydrogen-bond acceptors (Lipinski definition) is 6. The van der Waals surface area contributed by atoms with E-state index in [1.165, 1.54) is 4.80 Å². The van der Waals surface area contributed by atoms with Gasteiger partial charge in [-0.15, -0.1) is 5.10 Å². The fourth-order valence-electron chi connectivity index (χ4n) is 1.66. The highest BCUT2D eigenvalue weighted by Crippen LogP contribution is 2.12. The first-order chi connectivity index (χ1) is 11.1. The Labute approximate surface area is 139 Å². The smallest absolute Gasteiger partial charge is 0.269 e. The van der Waals surface area contributed by atoms with Crippen LogP contribution in [0.4, 0.5) is 5.95 Å². The van der Waals surface area contributed by atoms with Crippen molar-refractivity contribution in [1.29, 1.82) is 0 Å². The molecule has 1 aromatic heterocycles. The molecule has 2 rings (SSSR count). The number of carbonyl (C=O) groups is 1. The number of anilines is 1. The van der Waals surface area contributed by atoms with Gasteiger partial charge >= 0.3 is 0 Å². The minimum atomic E-state index is -0.326. The van der Waals surface area contributed by atoms with E-state index in [0.29, 0.717) is 18.7 Å². The number of nitrogens with one attached hydrogen (secondary N) is 2. The van der Waals surface area contributed by atoms with Crippen LogP contribution < -0.4 is 15.4 Å². The van der Waals surface area contributed by atoms with Crippen LogP contribution in [-0.2, 0) is 6.54 Å². The lowest BCUT2D eigenvalue weighted by Gasteiger charge is -2.08. The molecule has 0 fully saturated rings. The maximum atomic E-state index is 12.1. The number of aryl methyl sites for hydroxylation is 1. The molecule has 0 atom stereocenters. The summed E-state index contributed by atoms with van der Waals surface area (Å²) in [6.07, 6.45) is 0.929. The lowest BCUT2D eigenvalue weighted by Crippen LogP contribution is -2.34. The van der Waals surface area contributed by atoms with E-state index in [1.807, 2.05) is 13.8 Å². The van der Waals surface area contributed by atoms with E-state index in [1.54, 1.807) is 24.3 Å². The number of benzene rings is 1. The molecule has 0 radical (unpaired) electrons. The predicted molar refractivity (Wildman–Crippen MR) is 89.4 cm³/mol. The molecule has 8 nitrogen and oxygen atoms in total. The molecule has 0 aliphatic carbocycles. The first-order valence-electron chi connectivity index (χ1n) is 7.25. The average Bonchev–Trinajstić information content (AvgIpc) is 3.00. The van der Waals surface area contributed by atoms with Crippen LogP contribution in [-0.4, -0.2) is 37.8 Å². The van der Waals surface area contributed by atoms with Gasteiger partial charge in [0.15, 0.2) is 5.11 Å². The van der Waals surface area contributed by atoms with Crippen molar-refractivity contribution in [2.24, 2.45) is 0 Å². The highest BCUT2D eigenvalue weighted by molar-refractivity contribution is 7.80. The standard InChI is InChI=1S/C14H18N6O2S/c1-3-9-22-11-7-5-10(6-8-11)12(21)15-14(23)16-13-17-19-20(4-2)18-13/h5-8H,3-4,9H2,1-2H3,(H2,15,16,18,21,23). The molecule has 0 spiro atoms. The van der Waals surface area contributed by atoms with Crippen molar-refractivity contribution in [3.05, 3.63) is 29.8 Å². The average molecular weight is 334 g/mol. The zero-order valence-corrected chi connectivity index (χ0v) is 13.8. The molecule has 1 heterocycles. The second-order valence-corrected chi connectivity index (χ2v) is 4.99. The van der Waals surface area contributed by atoms with Crippen LogP contribution in [0.15, 0.2) is 24.3 Å². The molecular weight excluding hydrogens is 316 g/mol. The van der Waals surface area contributed by atoms with Crippen molar-refractivity contribution < 1.29 is 9.53 Å². The molecule has 9 heteroatoms. The van der Waals surface area contributed by atoms with Crippen LogP contribution >= 0.6 is 12.2 Å². The number of tetrazole rings is 1. The van der Waals surface area contributed by atoms with E-state index in [9.17, 15) is 4.79 Å². The third-order valence-corrected chi connectivity index (χ3v) is 2.98. The monoisotopic (exact) mass is 334 g/mol. The summed E-state index contributed by atoms with van der Waals surface area (Å²) in [5.74, 6) is 0.636. The van der Waals surface area contributed by atoms with Crippen molar-refractivity contribution in [3.63, 3.8) is 0 Å². The summed E-state index contributed by atoms with van der Waals surface area (Å²) >= 11 is 5.06. The van der Waals surface area contributed by atoms with Crippen LogP contribution in [0.5, 0.6) is 5.75 Å². The Morgan fingerprint density at radius 1 is 1.30 bits per heavy atom. The van der Waals surface area contributed by atoms with E-state index in [4.69, 9.17) is 17.0 Å². The second kappa shape index (κ2) is 8.18. The topological polar surface area (TPSA) is 94.0 Å². The van der Waals surface area contributed by atoms with Gasteiger partial charge in [0.25, 0.3) is 11.9 Å². The minimum Gasteiger partial charge on any atom is -0.494 e. The molecule has 2 N–H and O–H groups in total. The van der Waals surface area contributed by atoms with Gasteiger partial charge < -0.3 is 4.74 Å². The van der Waals surface area contributed by atoms with Gasteiger partial charge in [0.1, 0.15) is 5.75 Å². The van der Waals surface area contributed by atoms with Gasteiger partial charge in [-0.05, 0) is 55.0 Å². The number of aromatic nitrogens is 4. The van der Waals surface area contributed by atoms with Gasteiger partial charge in [-0.1, -0.05) is 12.0 Å². The molecule has 0 aliphatic heterocycles. The molecule has 0 aliphatic rings. The number of carbonyl (C=O) groups excluding carboxylic acids is 1. The lowest BCUT2D eigenvalue weighted by atomic mass is 10.2. The van der Waals surface area contributed by atoms with Crippen LogP contribution in [0.2, 0.25) is 0 Å². The SMILES string of the molecule is CCCOc1ccc(C(=O)NC(=S)Nc2nnn(CC)n2)cc1. The van der Waals surface area contributed by atoms with Crippen molar-refractivity contribution in [1.82, 2.24) is 25.5 Å². The van der Waals surface area contributed by atoms with Gasteiger partial charge in [-0.3, -0.25) is 15.4 Å². The highest BCUT2D eigenvalue weighted by Gasteiger charge is 2.10. The van der Waals surface area contributed by atoms with E-state index in [2.05, 4.69) is 26.0 Å². The zero-order valence-electron chi connectivity index (χ0n) is 12.9. The van der Waals surface area contributed by atoms with Crippen molar-refractivity contribution in [2.45, 2.75) is 26.8 Å². The third kappa shape index (κ3) is 4.99. The molecule has 0 saturated heterocycles. The van der Waals surface area contributed by atoms with Crippen molar-refractivity contribution >= 4 is 29.2 Å². The molecule has 122 valence electrons. The van der Waals surface area contributed by atoms with Gasteiger partial charge in [0.05, 0.1) is 13.2 Å². The minimum absolute atomic E-state index is 0.108. The Morgan fingerprint density at radius 2 is 2.04 bits per heavy atom. The van der Waals surface area contributed by atoms with E-state index in [-0.39, 0.29) is 17.0 Å². The molecule has 1 amide bonds. The molecule has 0 unspecified atom stereocenters. The predicted octanol–water partition coefficient (Wildman–Crippen LogP) is 1.61. The lowest BCUT2D eigenvalue weighted by molar-refractivity contribution is 0.0977. The summed E-state index contributed by atoms with van der Waals surface area (Å²) in [5.41, 5.74) is 0.475. The van der Waals surface area contributed by atoms with Crippen LogP contribution in [0.1, 0.15) is 30.6 Å². The van der Waals surface area contributed by atoms with Gasteiger partial charge in [-0.2, -0.15) is 4.80 Å².